The fourth-order valence-electron chi connectivity index (χ4n) is 2.54. The Kier molecular flexibility index (Phi) is 4.09. The zero-order chi connectivity index (χ0) is 15.3. The lowest BCUT2D eigenvalue weighted by molar-refractivity contribution is -0.0505. The van der Waals surface area contributed by atoms with Gasteiger partial charge in [0.25, 0.3) is 0 Å². The van der Waals surface area contributed by atoms with Crippen molar-refractivity contribution in [3.8, 4) is 0 Å². The van der Waals surface area contributed by atoms with Crippen LogP contribution in [-0.2, 0) is 4.74 Å². The first-order valence-corrected chi connectivity index (χ1v) is 7.35. The van der Waals surface area contributed by atoms with Crippen molar-refractivity contribution in [2.24, 2.45) is 0 Å². The van der Waals surface area contributed by atoms with E-state index < -0.39 is 31.1 Å². The summed E-state index contributed by atoms with van der Waals surface area (Å²) in [5, 5.41) is 30.9. The van der Waals surface area contributed by atoms with E-state index in [9.17, 15) is 10.2 Å². The van der Waals surface area contributed by atoms with Gasteiger partial charge in [0.15, 0.2) is 6.23 Å². The quantitative estimate of drug-likeness (QED) is 0.775. The Balaban J connectivity index is 2.12. The number of halogens is 3. The van der Waals surface area contributed by atoms with E-state index in [0.717, 1.165) is 5.39 Å². The summed E-state index contributed by atoms with van der Waals surface area (Å²) >= 11 is 18.2. The van der Waals surface area contributed by atoms with Gasteiger partial charge in [-0.05, 0) is 18.2 Å². The van der Waals surface area contributed by atoms with Gasteiger partial charge >= 0.3 is 0 Å². The minimum Gasteiger partial charge on any atom is -0.394 e. The molecular formula is C13H12Cl3NO4. The van der Waals surface area contributed by atoms with Crippen LogP contribution in [0.5, 0.6) is 0 Å². The lowest BCUT2D eigenvalue weighted by Gasteiger charge is -2.19. The Labute approximate surface area is 135 Å². The molecule has 1 aliphatic heterocycles. The molecule has 8 heteroatoms. The predicted molar refractivity (Wildman–Crippen MR) is 80.0 cm³/mol. The molecule has 1 saturated heterocycles. The zero-order valence-corrected chi connectivity index (χ0v) is 12.8. The second-order valence-electron chi connectivity index (χ2n) is 4.89. The Hall–Kier alpha value is -0.530. The maximum absolute atomic E-state index is 10.1. The number of aliphatic hydroxyl groups is 3. The SMILES string of the molecule is OCC1OC(n2c(Cl)cc3cc(Cl)c(Cl)cc32)C(O)C1O. The second-order valence-corrected chi connectivity index (χ2v) is 6.09. The van der Waals surface area contributed by atoms with Gasteiger partial charge in [-0.3, -0.25) is 0 Å². The van der Waals surface area contributed by atoms with Crippen LogP contribution in [0.2, 0.25) is 15.2 Å². The molecule has 5 nitrogen and oxygen atoms in total. The van der Waals surface area contributed by atoms with Crippen LogP contribution in [-0.4, -0.2) is 44.8 Å². The van der Waals surface area contributed by atoms with Crippen molar-refractivity contribution >= 4 is 45.7 Å². The van der Waals surface area contributed by atoms with Gasteiger partial charge in [0.2, 0.25) is 0 Å². The van der Waals surface area contributed by atoms with Gasteiger partial charge in [0.1, 0.15) is 23.5 Å². The molecule has 0 radical (unpaired) electrons. The lowest BCUT2D eigenvalue weighted by atomic mass is 10.1. The number of nitrogens with zero attached hydrogens (tertiary/aromatic N) is 1. The second kappa shape index (κ2) is 5.59. The predicted octanol–water partition coefficient (Wildman–Crippen LogP) is 2.21. The van der Waals surface area contributed by atoms with Gasteiger partial charge in [0.05, 0.1) is 22.2 Å². The monoisotopic (exact) mass is 351 g/mol. The van der Waals surface area contributed by atoms with Gasteiger partial charge in [-0.2, -0.15) is 0 Å². The molecule has 1 fully saturated rings. The zero-order valence-electron chi connectivity index (χ0n) is 10.6. The maximum Gasteiger partial charge on any atom is 0.164 e. The summed E-state index contributed by atoms with van der Waals surface area (Å²) in [6.07, 6.45) is -4.21. The molecule has 4 unspecified atom stereocenters. The molecule has 1 aliphatic rings. The maximum atomic E-state index is 10.1. The van der Waals surface area contributed by atoms with Crippen LogP contribution in [0.1, 0.15) is 6.23 Å². The van der Waals surface area contributed by atoms with Crippen LogP contribution in [0.15, 0.2) is 18.2 Å². The van der Waals surface area contributed by atoms with Crippen molar-refractivity contribution in [1.82, 2.24) is 4.57 Å². The van der Waals surface area contributed by atoms with Crippen molar-refractivity contribution in [2.75, 3.05) is 6.61 Å². The van der Waals surface area contributed by atoms with Crippen molar-refractivity contribution in [2.45, 2.75) is 24.5 Å². The molecule has 3 N–H and O–H groups in total. The van der Waals surface area contributed by atoms with Crippen LogP contribution in [0.25, 0.3) is 10.9 Å². The minimum atomic E-state index is -1.22. The molecule has 3 rings (SSSR count). The molecular weight excluding hydrogens is 341 g/mol. The number of hydrogen-bond acceptors (Lipinski definition) is 4. The van der Waals surface area contributed by atoms with Gasteiger partial charge < -0.3 is 24.6 Å². The van der Waals surface area contributed by atoms with Crippen LogP contribution in [0, 0.1) is 0 Å². The number of hydrogen-bond donors (Lipinski definition) is 3. The highest BCUT2D eigenvalue weighted by atomic mass is 35.5. The molecule has 2 heterocycles. The average molecular weight is 353 g/mol. The average Bonchev–Trinajstić information content (AvgIpc) is 2.89. The van der Waals surface area contributed by atoms with E-state index >= 15 is 0 Å². The van der Waals surface area contributed by atoms with Crippen molar-refractivity contribution in [3.63, 3.8) is 0 Å². The van der Waals surface area contributed by atoms with E-state index in [4.69, 9.17) is 44.6 Å². The molecule has 0 spiro atoms. The highest BCUT2D eigenvalue weighted by Gasteiger charge is 2.44. The highest BCUT2D eigenvalue weighted by Crippen LogP contribution is 2.38. The smallest absolute Gasteiger partial charge is 0.164 e. The molecule has 0 saturated carbocycles. The molecule has 21 heavy (non-hydrogen) atoms. The molecule has 1 aromatic heterocycles. The standard InChI is InChI=1S/C13H12Cl3NO4/c14-6-1-5-2-10(16)17(8(5)3-7(6)15)13-12(20)11(19)9(4-18)21-13/h1-3,9,11-13,18-20H,4H2. The first kappa shape index (κ1) is 15.4. The van der Waals surface area contributed by atoms with E-state index in [1.807, 2.05) is 0 Å². The molecule has 1 aromatic carbocycles. The Bertz CT molecular complexity index is 690. The molecule has 2 aromatic rings. The molecule has 114 valence electrons. The van der Waals surface area contributed by atoms with E-state index in [1.165, 1.54) is 4.57 Å². The number of ether oxygens (including phenoxy) is 1. The molecule has 0 bridgehead atoms. The number of fused-ring (bicyclic) bond motifs is 1. The summed E-state index contributed by atoms with van der Waals surface area (Å²) in [5.41, 5.74) is 0.615. The summed E-state index contributed by atoms with van der Waals surface area (Å²) in [6, 6.07) is 4.93. The Morgan fingerprint density at radius 1 is 1.05 bits per heavy atom. The highest BCUT2D eigenvalue weighted by molar-refractivity contribution is 6.43. The summed E-state index contributed by atoms with van der Waals surface area (Å²) in [7, 11) is 0. The van der Waals surface area contributed by atoms with Gasteiger partial charge in [-0.15, -0.1) is 0 Å². The van der Waals surface area contributed by atoms with Gasteiger partial charge in [-0.25, -0.2) is 0 Å². The fraction of sp³-hybridized carbons (Fsp3) is 0.385. The van der Waals surface area contributed by atoms with E-state index in [-0.39, 0.29) is 0 Å². The fourth-order valence-corrected chi connectivity index (χ4v) is 3.18. The van der Waals surface area contributed by atoms with Gasteiger partial charge in [0, 0.05) is 5.39 Å². The Morgan fingerprint density at radius 3 is 2.33 bits per heavy atom. The van der Waals surface area contributed by atoms with Crippen LogP contribution in [0.4, 0.5) is 0 Å². The van der Waals surface area contributed by atoms with Crippen LogP contribution < -0.4 is 0 Å². The van der Waals surface area contributed by atoms with Crippen molar-refractivity contribution in [1.29, 1.82) is 0 Å². The van der Waals surface area contributed by atoms with Crippen LogP contribution >= 0.6 is 34.8 Å². The normalized spacial score (nSPS) is 29.4. The topological polar surface area (TPSA) is 74.9 Å². The van der Waals surface area contributed by atoms with Crippen LogP contribution in [0.3, 0.4) is 0 Å². The Morgan fingerprint density at radius 2 is 1.71 bits per heavy atom. The number of aliphatic hydroxyl groups excluding tert-OH is 3. The number of rotatable bonds is 2. The summed E-state index contributed by atoms with van der Waals surface area (Å²) < 4.78 is 7.01. The van der Waals surface area contributed by atoms with Crippen molar-refractivity contribution in [3.05, 3.63) is 33.4 Å². The first-order chi connectivity index (χ1) is 9.93. The third kappa shape index (κ3) is 2.43. The minimum absolute atomic E-state index is 0.304. The third-order valence-corrected chi connectivity index (χ3v) is 4.62. The largest absolute Gasteiger partial charge is 0.394 e. The summed E-state index contributed by atoms with van der Waals surface area (Å²) in [6.45, 7) is -0.405. The van der Waals surface area contributed by atoms with E-state index in [1.54, 1.807) is 18.2 Å². The number of aromatic nitrogens is 1. The van der Waals surface area contributed by atoms with E-state index in [2.05, 4.69) is 0 Å². The summed E-state index contributed by atoms with van der Waals surface area (Å²) in [5.74, 6) is 0. The third-order valence-electron chi connectivity index (χ3n) is 3.61. The van der Waals surface area contributed by atoms with E-state index in [0.29, 0.717) is 20.7 Å². The molecule has 0 amide bonds. The van der Waals surface area contributed by atoms with Gasteiger partial charge in [-0.1, -0.05) is 34.8 Å². The number of benzene rings is 1. The first-order valence-electron chi connectivity index (χ1n) is 6.22. The molecule has 4 atom stereocenters. The van der Waals surface area contributed by atoms with Crippen molar-refractivity contribution < 1.29 is 20.1 Å². The molecule has 0 aliphatic carbocycles. The lowest BCUT2D eigenvalue weighted by Crippen LogP contribution is -2.33. The summed E-state index contributed by atoms with van der Waals surface area (Å²) in [4.78, 5) is 0.